The molecule has 2 heterocycles. The first-order valence-corrected chi connectivity index (χ1v) is 9.08. The van der Waals surface area contributed by atoms with Gasteiger partial charge in [-0.2, -0.15) is 0 Å². The average Bonchev–Trinajstić information content (AvgIpc) is 3.47. The largest absolute Gasteiger partial charge is 2.00 e. The van der Waals surface area contributed by atoms with Crippen LogP contribution in [-0.2, 0) is 0 Å². The van der Waals surface area contributed by atoms with Gasteiger partial charge in [-0.05, 0) is 31.5 Å². The van der Waals surface area contributed by atoms with Crippen molar-refractivity contribution in [2.45, 2.75) is 25.8 Å². The van der Waals surface area contributed by atoms with Gasteiger partial charge in [0.2, 0.25) is 5.43 Å². The van der Waals surface area contributed by atoms with Crippen LogP contribution in [0.3, 0.4) is 0 Å². The molecule has 1 aliphatic carbocycles. The molecule has 2 fully saturated rings. The van der Waals surface area contributed by atoms with Gasteiger partial charge in [0.15, 0.2) is 0 Å². The summed E-state index contributed by atoms with van der Waals surface area (Å²) in [4.78, 5) is 28.2. The molecule has 0 spiro atoms. The van der Waals surface area contributed by atoms with Crippen molar-refractivity contribution in [3.05, 3.63) is 39.9 Å². The average molecular weight is 401 g/mol. The van der Waals surface area contributed by atoms with Crippen LogP contribution in [0, 0.1) is 5.82 Å². The first-order chi connectivity index (χ1) is 12.5. The molecule has 0 amide bonds. The third kappa shape index (κ3) is 3.88. The van der Waals surface area contributed by atoms with E-state index >= 15 is 0 Å². The van der Waals surface area contributed by atoms with Crippen molar-refractivity contribution >= 4 is 60.3 Å². The van der Waals surface area contributed by atoms with E-state index in [1.807, 2.05) is 9.47 Å². The molecule has 0 unspecified atom stereocenters. The third-order valence-electron chi connectivity index (χ3n) is 5.43. The third-order valence-corrected chi connectivity index (χ3v) is 5.43. The molecule has 0 atom stereocenters. The van der Waals surface area contributed by atoms with Crippen molar-refractivity contribution in [2.24, 2.45) is 0 Å². The minimum Gasteiger partial charge on any atom is -1.00 e. The summed E-state index contributed by atoms with van der Waals surface area (Å²) < 4.78 is 16.6. The van der Waals surface area contributed by atoms with Crippen LogP contribution >= 0.6 is 0 Å². The number of likely N-dealkylation sites (N-methyl/N-ethyl adjacent to an activating group) is 1. The number of hydrogen-bond acceptors (Lipinski definition) is 4. The normalized spacial score (nSPS) is 17.8. The number of carboxylic acids is 1. The van der Waals surface area contributed by atoms with Crippen molar-refractivity contribution in [1.29, 1.82) is 0 Å². The Labute approximate surface area is 189 Å². The fourth-order valence-electron chi connectivity index (χ4n) is 3.71. The number of halogens is 1. The molecule has 1 saturated carbocycles. The Hall–Kier alpha value is -1.15. The summed E-state index contributed by atoms with van der Waals surface area (Å²) >= 11 is 0. The van der Waals surface area contributed by atoms with Gasteiger partial charge in [0.05, 0.1) is 11.2 Å². The number of pyridine rings is 1. The molecule has 1 aromatic heterocycles. The maximum atomic E-state index is 14.8. The van der Waals surface area contributed by atoms with Gasteiger partial charge < -0.3 is 22.3 Å². The van der Waals surface area contributed by atoms with Gasteiger partial charge in [-0.15, -0.1) is 0 Å². The molecule has 2 aliphatic rings. The van der Waals surface area contributed by atoms with Crippen LogP contribution < -0.4 is 10.3 Å². The number of hydrogen-bond donors (Lipinski definition) is 1. The Morgan fingerprint density at radius 2 is 1.93 bits per heavy atom. The molecule has 1 aliphatic heterocycles. The Morgan fingerprint density at radius 3 is 2.48 bits per heavy atom. The Morgan fingerprint density at radius 1 is 1.26 bits per heavy atom. The van der Waals surface area contributed by atoms with Gasteiger partial charge in [-0.25, -0.2) is 9.18 Å². The van der Waals surface area contributed by atoms with Gasteiger partial charge in [-0.1, -0.05) is 6.92 Å². The van der Waals surface area contributed by atoms with Gasteiger partial charge >= 0.3 is 43.7 Å². The number of fused-ring (bicyclic) bond motifs is 1. The standard InChI is InChI=1S/C19H22FN3O3.Ca.2H/c1-2-21-5-7-22(8-6-21)17-10-16-13(9-15(17)20)18(24)14(19(25)26)11-23(16)12-3-4-12;;;/h9-12H,2-8H2,1H3,(H,25,26);;;/q;+2;2*-1. The van der Waals surface area contributed by atoms with E-state index in [1.165, 1.54) is 12.3 Å². The second-order valence-corrected chi connectivity index (χ2v) is 7.06. The number of rotatable bonds is 4. The van der Waals surface area contributed by atoms with Crippen LogP contribution in [0.25, 0.3) is 10.9 Å². The minimum atomic E-state index is -1.27. The number of benzene rings is 1. The second-order valence-electron chi connectivity index (χ2n) is 7.06. The van der Waals surface area contributed by atoms with Crippen molar-refractivity contribution in [3.63, 3.8) is 0 Å². The molecule has 0 bridgehead atoms. The molecule has 4 rings (SSSR count). The van der Waals surface area contributed by atoms with Gasteiger partial charge in [0, 0.05) is 43.8 Å². The molecule has 142 valence electrons. The van der Waals surface area contributed by atoms with Crippen molar-refractivity contribution in [2.75, 3.05) is 37.6 Å². The van der Waals surface area contributed by atoms with E-state index in [9.17, 15) is 19.1 Å². The van der Waals surface area contributed by atoms with Crippen LogP contribution in [0.15, 0.2) is 23.1 Å². The van der Waals surface area contributed by atoms with E-state index in [0.29, 0.717) is 11.2 Å². The first-order valence-electron chi connectivity index (χ1n) is 9.08. The van der Waals surface area contributed by atoms with E-state index in [4.69, 9.17) is 0 Å². The monoisotopic (exact) mass is 401 g/mol. The smallest absolute Gasteiger partial charge is 1.00 e. The van der Waals surface area contributed by atoms with Crippen LogP contribution in [0.2, 0.25) is 0 Å². The summed E-state index contributed by atoms with van der Waals surface area (Å²) in [5, 5.41) is 9.45. The Kier molecular flexibility index (Phi) is 6.15. The van der Waals surface area contributed by atoms with E-state index in [1.54, 1.807) is 6.07 Å². The fourth-order valence-corrected chi connectivity index (χ4v) is 3.71. The molecule has 1 aromatic carbocycles. The quantitative estimate of drug-likeness (QED) is 0.796. The number of piperazine rings is 1. The summed E-state index contributed by atoms with van der Waals surface area (Å²) in [7, 11) is 0. The van der Waals surface area contributed by atoms with Crippen LogP contribution in [0.4, 0.5) is 10.1 Å². The van der Waals surface area contributed by atoms with Crippen molar-refractivity contribution in [1.82, 2.24) is 9.47 Å². The van der Waals surface area contributed by atoms with Crippen molar-refractivity contribution < 1.29 is 17.1 Å². The number of aromatic carboxylic acids is 1. The molecule has 8 heteroatoms. The summed E-state index contributed by atoms with van der Waals surface area (Å²) in [5.41, 5.74) is 0.195. The van der Waals surface area contributed by atoms with E-state index in [2.05, 4.69) is 11.8 Å². The molecule has 0 radical (unpaired) electrons. The minimum absolute atomic E-state index is 0. The zero-order valence-corrected chi connectivity index (χ0v) is 17.7. The van der Waals surface area contributed by atoms with Crippen LogP contribution in [-0.4, -0.2) is 91.0 Å². The van der Waals surface area contributed by atoms with Gasteiger partial charge in [0.1, 0.15) is 11.4 Å². The molecule has 1 N–H and O–H groups in total. The Balaban J connectivity index is 0.00000140. The van der Waals surface area contributed by atoms with E-state index in [-0.39, 0.29) is 57.6 Å². The SMILES string of the molecule is CCN1CCN(c2cc3c(cc2F)c(=O)c(C(=O)O)cn3C2CC2)CC1.[Ca+2].[H-].[H-]. The molecule has 1 saturated heterocycles. The van der Waals surface area contributed by atoms with Crippen molar-refractivity contribution in [3.8, 4) is 0 Å². The van der Waals surface area contributed by atoms with Gasteiger partial charge in [0.25, 0.3) is 0 Å². The summed E-state index contributed by atoms with van der Waals surface area (Å²) in [6.45, 7) is 6.31. The predicted octanol–water partition coefficient (Wildman–Crippen LogP) is 2.16. The Bertz CT molecular complexity index is 944. The topological polar surface area (TPSA) is 65.8 Å². The van der Waals surface area contributed by atoms with Crippen LogP contribution in [0.1, 0.15) is 39.0 Å². The first kappa shape index (κ1) is 20.6. The number of anilines is 1. The maximum Gasteiger partial charge on any atom is 2.00 e. The number of aromatic nitrogens is 1. The number of carbonyl (C=O) groups is 1. The molecular weight excluding hydrogens is 377 g/mol. The molecule has 2 aromatic rings. The number of carboxylic acid groups (broad SMARTS) is 1. The zero-order valence-electron chi connectivity index (χ0n) is 17.4. The molecular formula is C19H24CaFN3O3. The zero-order chi connectivity index (χ0) is 18.4. The molecule has 6 nitrogen and oxygen atoms in total. The van der Waals surface area contributed by atoms with Crippen LogP contribution in [0.5, 0.6) is 0 Å². The second kappa shape index (κ2) is 8.07. The predicted molar refractivity (Wildman–Crippen MR) is 106 cm³/mol. The summed E-state index contributed by atoms with van der Waals surface area (Å²) in [6, 6.07) is 3.12. The summed E-state index contributed by atoms with van der Waals surface area (Å²) in [6.07, 6.45) is 3.30. The van der Waals surface area contributed by atoms with E-state index < -0.39 is 17.2 Å². The van der Waals surface area contributed by atoms with E-state index in [0.717, 1.165) is 45.6 Å². The summed E-state index contributed by atoms with van der Waals surface area (Å²) in [5.74, 6) is -1.74. The number of nitrogens with zero attached hydrogens (tertiary/aromatic N) is 3. The molecule has 27 heavy (non-hydrogen) atoms. The van der Waals surface area contributed by atoms with Gasteiger partial charge in [-0.3, -0.25) is 4.79 Å². The fraction of sp³-hybridized carbons (Fsp3) is 0.474. The maximum absolute atomic E-state index is 14.8.